The monoisotopic (exact) mass is 256 g/mol. The number of carbonyl (C=O) groups is 2. The molecule has 0 unspecified atom stereocenters. The largest absolute Gasteiger partial charge is 0.478 e. The first-order valence-corrected chi connectivity index (χ1v) is 5.68. The van der Waals surface area contributed by atoms with E-state index < -0.39 is 5.97 Å². The van der Waals surface area contributed by atoms with Crippen molar-refractivity contribution in [1.82, 2.24) is 0 Å². The first kappa shape index (κ1) is 12.8. The third-order valence-corrected chi connectivity index (χ3v) is 2.60. The normalized spacial score (nSPS) is 9.95. The van der Waals surface area contributed by atoms with E-state index in [-0.39, 0.29) is 11.3 Å². The Morgan fingerprint density at radius 3 is 1.63 bits per heavy atom. The number of rotatable bonds is 4. The third-order valence-electron chi connectivity index (χ3n) is 2.60. The zero-order valence-electron chi connectivity index (χ0n) is 10.3. The fourth-order valence-electron chi connectivity index (χ4n) is 1.56. The van der Waals surface area contributed by atoms with Gasteiger partial charge in [-0.05, 0) is 55.5 Å². The summed E-state index contributed by atoms with van der Waals surface area (Å²) >= 11 is 0. The summed E-state index contributed by atoms with van der Waals surface area (Å²) < 4.78 is 5.54. The predicted molar refractivity (Wildman–Crippen MR) is 69.9 cm³/mol. The Labute approximate surface area is 110 Å². The number of carboxylic acid groups (broad SMARTS) is 1. The molecule has 0 aliphatic rings. The highest BCUT2D eigenvalue weighted by Crippen LogP contribution is 2.22. The summed E-state index contributed by atoms with van der Waals surface area (Å²) in [7, 11) is 0. The van der Waals surface area contributed by atoms with Crippen LogP contribution in [0.15, 0.2) is 48.5 Å². The van der Waals surface area contributed by atoms with Crippen LogP contribution in [-0.4, -0.2) is 16.9 Å². The standard InChI is InChI=1S/C15H12O4/c1-10(16)11-2-6-13(7-3-11)19-14-8-4-12(5-9-14)15(17)18/h2-9H,1H3,(H,17,18). The molecule has 19 heavy (non-hydrogen) atoms. The molecule has 0 bridgehead atoms. The number of ketones is 1. The maximum atomic E-state index is 11.1. The van der Waals surface area contributed by atoms with E-state index in [0.717, 1.165) is 0 Å². The molecule has 2 aromatic carbocycles. The summed E-state index contributed by atoms with van der Waals surface area (Å²) in [5, 5.41) is 8.78. The van der Waals surface area contributed by atoms with Gasteiger partial charge in [0, 0.05) is 5.56 Å². The zero-order valence-corrected chi connectivity index (χ0v) is 10.3. The van der Waals surface area contributed by atoms with E-state index in [9.17, 15) is 9.59 Å². The van der Waals surface area contributed by atoms with Crippen molar-refractivity contribution in [2.45, 2.75) is 6.92 Å². The minimum atomic E-state index is -0.975. The first-order chi connectivity index (χ1) is 9.06. The molecular weight excluding hydrogens is 244 g/mol. The lowest BCUT2D eigenvalue weighted by Gasteiger charge is -2.06. The second kappa shape index (κ2) is 5.35. The quantitative estimate of drug-likeness (QED) is 0.852. The molecule has 0 atom stereocenters. The van der Waals surface area contributed by atoms with E-state index in [2.05, 4.69) is 0 Å². The fraction of sp³-hybridized carbons (Fsp3) is 0.0667. The van der Waals surface area contributed by atoms with Crippen LogP contribution < -0.4 is 4.74 Å². The van der Waals surface area contributed by atoms with Gasteiger partial charge in [0.1, 0.15) is 11.5 Å². The minimum Gasteiger partial charge on any atom is -0.478 e. The Morgan fingerprint density at radius 2 is 1.26 bits per heavy atom. The van der Waals surface area contributed by atoms with Crippen molar-refractivity contribution in [3.63, 3.8) is 0 Å². The van der Waals surface area contributed by atoms with Crippen LogP contribution >= 0.6 is 0 Å². The maximum absolute atomic E-state index is 11.1. The number of ether oxygens (including phenoxy) is 1. The molecule has 4 heteroatoms. The lowest BCUT2D eigenvalue weighted by molar-refractivity contribution is 0.0696. The van der Waals surface area contributed by atoms with Crippen molar-refractivity contribution in [2.24, 2.45) is 0 Å². The van der Waals surface area contributed by atoms with Crippen LogP contribution in [0.4, 0.5) is 0 Å². The molecule has 0 aromatic heterocycles. The Bertz CT molecular complexity index is 542. The van der Waals surface area contributed by atoms with Crippen LogP contribution in [0.25, 0.3) is 0 Å². The summed E-state index contributed by atoms with van der Waals surface area (Å²) in [6.07, 6.45) is 0. The average molecular weight is 256 g/mol. The van der Waals surface area contributed by atoms with Crippen molar-refractivity contribution in [3.8, 4) is 11.5 Å². The average Bonchev–Trinajstić information content (AvgIpc) is 2.40. The van der Waals surface area contributed by atoms with Crippen molar-refractivity contribution >= 4 is 11.8 Å². The molecule has 1 N–H and O–H groups in total. The SMILES string of the molecule is CC(=O)c1ccc(Oc2ccc(C(=O)O)cc2)cc1. The van der Waals surface area contributed by atoms with Crippen LogP contribution in [0.1, 0.15) is 27.6 Å². The number of carboxylic acids is 1. The van der Waals surface area contributed by atoms with Crippen molar-refractivity contribution in [3.05, 3.63) is 59.7 Å². The van der Waals surface area contributed by atoms with Crippen molar-refractivity contribution in [2.75, 3.05) is 0 Å². The molecule has 4 nitrogen and oxygen atoms in total. The van der Waals surface area contributed by atoms with Gasteiger partial charge < -0.3 is 9.84 Å². The molecule has 0 amide bonds. The van der Waals surface area contributed by atoms with Gasteiger partial charge in [-0.3, -0.25) is 4.79 Å². The van der Waals surface area contributed by atoms with Gasteiger partial charge in [0.15, 0.2) is 5.78 Å². The third kappa shape index (κ3) is 3.19. The van der Waals surface area contributed by atoms with Gasteiger partial charge in [-0.15, -0.1) is 0 Å². The van der Waals surface area contributed by atoms with E-state index in [1.807, 2.05) is 0 Å². The molecule has 0 heterocycles. The Balaban J connectivity index is 2.12. The van der Waals surface area contributed by atoms with Crippen LogP contribution in [0.2, 0.25) is 0 Å². The smallest absolute Gasteiger partial charge is 0.335 e. The summed E-state index contributed by atoms with van der Waals surface area (Å²) in [4.78, 5) is 21.8. The van der Waals surface area contributed by atoms with Gasteiger partial charge >= 0.3 is 5.97 Å². The van der Waals surface area contributed by atoms with Gasteiger partial charge in [-0.2, -0.15) is 0 Å². The minimum absolute atomic E-state index is 0.00244. The predicted octanol–water partition coefficient (Wildman–Crippen LogP) is 3.38. The molecule has 0 aliphatic heterocycles. The van der Waals surface area contributed by atoms with Gasteiger partial charge in [0.2, 0.25) is 0 Å². The van der Waals surface area contributed by atoms with Crippen molar-refractivity contribution < 1.29 is 19.4 Å². The molecule has 96 valence electrons. The summed E-state index contributed by atoms with van der Waals surface area (Å²) in [5.74, 6) is 0.156. The first-order valence-electron chi connectivity index (χ1n) is 5.68. The van der Waals surface area contributed by atoms with Gasteiger partial charge in [-0.25, -0.2) is 4.79 Å². The van der Waals surface area contributed by atoms with Gasteiger partial charge in [-0.1, -0.05) is 0 Å². The lowest BCUT2D eigenvalue weighted by atomic mass is 10.1. The topological polar surface area (TPSA) is 63.6 Å². The molecule has 0 radical (unpaired) electrons. The summed E-state index contributed by atoms with van der Waals surface area (Å²) in [5.41, 5.74) is 0.827. The summed E-state index contributed by atoms with van der Waals surface area (Å²) in [6.45, 7) is 1.50. The molecule has 0 fully saturated rings. The van der Waals surface area contributed by atoms with E-state index in [1.54, 1.807) is 36.4 Å². The zero-order chi connectivity index (χ0) is 13.8. The van der Waals surface area contributed by atoms with E-state index in [0.29, 0.717) is 17.1 Å². The Hall–Kier alpha value is -2.62. The molecule has 0 aliphatic carbocycles. The number of hydrogen-bond acceptors (Lipinski definition) is 3. The Morgan fingerprint density at radius 1 is 0.842 bits per heavy atom. The highest BCUT2D eigenvalue weighted by Gasteiger charge is 2.04. The molecule has 0 saturated carbocycles. The molecule has 0 saturated heterocycles. The molecule has 2 aromatic rings. The number of hydrogen-bond donors (Lipinski definition) is 1. The molecule has 2 rings (SSSR count). The van der Waals surface area contributed by atoms with Crippen LogP contribution in [0.3, 0.4) is 0 Å². The number of aromatic carboxylic acids is 1. The second-order valence-electron chi connectivity index (χ2n) is 4.01. The van der Waals surface area contributed by atoms with Crippen LogP contribution in [0.5, 0.6) is 11.5 Å². The van der Waals surface area contributed by atoms with Crippen LogP contribution in [0, 0.1) is 0 Å². The summed E-state index contributed by atoms with van der Waals surface area (Å²) in [6, 6.07) is 12.9. The highest BCUT2D eigenvalue weighted by atomic mass is 16.5. The highest BCUT2D eigenvalue weighted by molar-refractivity contribution is 5.94. The Kier molecular flexibility index (Phi) is 3.61. The molecular formula is C15H12O4. The second-order valence-corrected chi connectivity index (χ2v) is 4.01. The van der Waals surface area contributed by atoms with Gasteiger partial charge in [0.25, 0.3) is 0 Å². The number of carbonyl (C=O) groups excluding carboxylic acids is 1. The van der Waals surface area contributed by atoms with E-state index >= 15 is 0 Å². The van der Waals surface area contributed by atoms with Gasteiger partial charge in [0.05, 0.1) is 5.56 Å². The van der Waals surface area contributed by atoms with E-state index in [1.165, 1.54) is 19.1 Å². The fourth-order valence-corrected chi connectivity index (χ4v) is 1.56. The number of benzene rings is 2. The van der Waals surface area contributed by atoms with E-state index in [4.69, 9.17) is 9.84 Å². The number of Topliss-reactive ketones (excluding diaryl/α,β-unsaturated/α-hetero) is 1. The van der Waals surface area contributed by atoms with Crippen LogP contribution in [-0.2, 0) is 0 Å². The lowest BCUT2D eigenvalue weighted by Crippen LogP contribution is -1.95. The maximum Gasteiger partial charge on any atom is 0.335 e. The molecule has 0 spiro atoms. The van der Waals surface area contributed by atoms with Crippen molar-refractivity contribution in [1.29, 1.82) is 0 Å².